The van der Waals surface area contributed by atoms with Crippen LogP contribution < -0.4 is 0 Å². The number of alkyl halides is 6. The summed E-state index contributed by atoms with van der Waals surface area (Å²) in [5.74, 6) is 0. The van der Waals surface area contributed by atoms with Crippen molar-refractivity contribution in [3.05, 3.63) is 4.13 Å². The molecule has 33 heavy (non-hydrogen) atoms. The highest BCUT2D eigenvalue weighted by molar-refractivity contribution is 8.13. The third kappa shape index (κ3) is 9.58. The number of hydrogen-bond acceptors (Lipinski definition) is 7. The lowest BCUT2D eigenvalue weighted by atomic mass is 10.2. The molecule has 18 heteroatoms. The fourth-order valence-corrected chi connectivity index (χ4v) is 7.13. The summed E-state index contributed by atoms with van der Waals surface area (Å²) in [5.41, 5.74) is -12.4. The van der Waals surface area contributed by atoms with Crippen molar-refractivity contribution >= 4 is 28.9 Å². The first-order valence-corrected chi connectivity index (χ1v) is 14.5. The maximum absolute atomic E-state index is 11.4. The first kappa shape index (κ1) is 32.5. The van der Waals surface area contributed by atoms with E-state index in [0.29, 0.717) is 0 Å². The molecule has 0 saturated carbocycles. The number of rotatable bonds is 11. The highest BCUT2D eigenvalue weighted by Gasteiger charge is 2.49. The largest absolute Gasteiger partial charge is 0.558 e. The Morgan fingerprint density at radius 1 is 0.818 bits per heavy atom. The molecule has 0 spiro atoms. The zero-order chi connectivity index (χ0) is 26.2. The minimum absolute atomic E-state index is 0.778. The van der Waals surface area contributed by atoms with Crippen molar-refractivity contribution in [3.8, 4) is 0 Å². The Hall–Kier alpha value is -0.503. The number of sulfonamides is 2. The van der Waals surface area contributed by atoms with Gasteiger partial charge in [-0.15, -0.1) is 0 Å². The van der Waals surface area contributed by atoms with Crippen LogP contribution in [0.5, 0.6) is 0 Å². The molecule has 0 amide bonds. The Bertz CT molecular complexity index is 746. The molecular weight excluding hydrogens is 526 g/mol. The lowest BCUT2D eigenvalue weighted by Gasteiger charge is -2.39. The number of quaternary nitrogens is 1. The Labute approximate surface area is 191 Å². The average molecular weight is 557 g/mol. The number of hydrogen-bond donors (Lipinski definition) is 0. The van der Waals surface area contributed by atoms with Crippen LogP contribution >= 0.6 is 0 Å². The SMILES string of the molecule is CCCCC[N+]1(C[Si](OC)(OC)OC)CCCC1.O=S(=O)([N-]S(=O)(=O)C(F)(F)F)C(F)(F)F. The Morgan fingerprint density at radius 3 is 1.52 bits per heavy atom. The molecule has 1 fully saturated rings. The zero-order valence-corrected chi connectivity index (χ0v) is 21.3. The van der Waals surface area contributed by atoms with Crippen LogP contribution in [-0.4, -0.2) is 88.3 Å². The number of nitrogens with zero attached hydrogens (tertiary/aromatic N) is 2. The summed E-state index contributed by atoms with van der Waals surface area (Å²) in [4.78, 5) is 0. The molecular formula is C15H30F6N2O7S2Si. The number of likely N-dealkylation sites (tertiary alicyclic amines) is 1. The van der Waals surface area contributed by atoms with Crippen molar-refractivity contribution in [2.24, 2.45) is 0 Å². The molecule has 0 unspecified atom stereocenters. The van der Waals surface area contributed by atoms with Crippen LogP contribution in [0.4, 0.5) is 26.3 Å². The lowest BCUT2D eigenvalue weighted by Crippen LogP contribution is -2.61. The normalized spacial score (nSPS) is 17.5. The van der Waals surface area contributed by atoms with E-state index in [1.165, 1.54) is 51.7 Å². The van der Waals surface area contributed by atoms with E-state index in [2.05, 4.69) is 6.92 Å². The van der Waals surface area contributed by atoms with E-state index in [4.69, 9.17) is 13.3 Å². The van der Waals surface area contributed by atoms with Crippen molar-refractivity contribution < 1.29 is 60.9 Å². The summed E-state index contributed by atoms with van der Waals surface area (Å²) in [7, 11) is -10.7. The minimum Gasteiger partial charge on any atom is -0.421 e. The van der Waals surface area contributed by atoms with E-state index in [1.807, 2.05) is 0 Å². The molecule has 1 aliphatic heterocycles. The van der Waals surface area contributed by atoms with E-state index < -0.39 is 39.9 Å². The van der Waals surface area contributed by atoms with Gasteiger partial charge in [-0.3, -0.25) is 0 Å². The van der Waals surface area contributed by atoms with Gasteiger partial charge in [-0.05, 0) is 12.8 Å². The minimum atomic E-state index is -6.72. The van der Waals surface area contributed by atoms with Crippen molar-refractivity contribution in [2.45, 2.75) is 50.0 Å². The molecule has 0 aliphatic carbocycles. The van der Waals surface area contributed by atoms with Gasteiger partial charge in [0.2, 0.25) is 0 Å². The van der Waals surface area contributed by atoms with Crippen molar-refractivity contribution in [3.63, 3.8) is 0 Å². The highest BCUT2D eigenvalue weighted by atomic mass is 32.3. The maximum Gasteiger partial charge on any atom is 0.558 e. The molecule has 0 bridgehead atoms. The van der Waals surface area contributed by atoms with Gasteiger partial charge in [-0.25, -0.2) is 16.8 Å². The molecule has 0 aromatic rings. The van der Waals surface area contributed by atoms with Gasteiger partial charge in [-0.2, -0.15) is 26.3 Å². The third-order valence-corrected chi connectivity index (χ3v) is 10.7. The summed E-state index contributed by atoms with van der Waals surface area (Å²) in [6.07, 6.45) is 7.49. The van der Waals surface area contributed by atoms with Gasteiger partial charge in [0.05, 0.1) is 19.6 Å². The van der Waals surface area contributed by atoms with Crippen molar-refractivity contribution in [1.29, 1.82) is 0 Å². The van der Waals surface area contributed by atoms with Crippen LogP contribution in [0.3, 0.4) is 0 Å². The highest BCUT2D eigenvalue weighted by Crippen LogP contribution is 2.36. The maximum atomic E-state index is 11.4. The molecule has 0 aromatic heterocycles. The van der Waals surface area contributed by atoms with Gasteiger partial charge in [0.15, 0.2) is 20.0 Å². The van der Waals surface area contributed by atoms with Gasteiger partial charge in [0, 0.05) is 34.2 Å². The van der Waals surface area contributed by atoms with Gasteiger partial charge in [0.25, 0.3) is 0 Å². The molecule has 0 N–H and O–H groups in total. The molecule has 9 nitrogen and oxygen atoms in total. The second-order valence-corrected chi connectivity index (χ2v) is 13.6. The monoisotopic (exact) mass is 556 g/mol. The van der Waals surface area contributed by atoms with Gasteiger partial charge < -0.3 is 21.9 Å². The van der Waals surface area contributed by atoms with Gasteiger partial charge in [-0.1, -0.05) is 13.3 Å². The van der Waals surface area contributed by atoms with Crippen LogP contribution in [0.15, 0.2) is 0 Å². The molecule has 0 aromatic carbocycles. The third-order valence-electron chi connectivity index (χ3n) is 4.99. The summed E-state index contributed by atoms with van der Waals surface area (Å²) in [6, 6.07) is 0. The Balaban J connectivity index is 0.000000633. The van der Waals surface area contributed by atoms with E-state index in [1.54, 1.807) is 21.3 Å². The van der Waals surface area contributed by atoms with Crippen molar-refractivity contribution in [1.82, 2.24) is 0 Å². The standard InChI is InChI=1S/C13H30NO3Si.C2F6NO4S2/c1-5-6-7-10-14(11-8-9-12-14)13-18(15-2,16-3)17-4;3-1(4,5)14(10,11)9-15(12,13)2(6,7)8/h5-13H2,1-4H3;/q+1;-1. The fraction of sp³-hybridized carbons (Fsp3) is 1.00. The molecule has 0 radical (unpaired) electrons. The molecule has 1 heterocycles. The second kappa shape index (κ2) is 12.5. The molecule has 1 aliphatic rings. The quantitative estimate of drug-likeness (QED) is 0.166. The summed E-state index contributed by atoms with van der Waals surface area (Å²) in [5, 5.41) is 0. The molecule has 0 atom stereocenters. The Morgan fingerprint density at radius 2 is 1.21 bits per heavy atom. The van der Waals surface area contributed by atoms with Crippen LogP contribution in [0.25, 0.3) is 4.13 Å². The molecule has 200 valence electrons. The van der Waals surface area contributed by atoms with E-state index in [9.17, 15) is 43.2 Å². The Kier molecular flexibility index (Phi) is 12.3. The van der Waals surface area contributed by atoms with E-state index >= 15 is 0 Å². The van der Waals surface area contributed by atoms with Crippen LogP contribution in [0.2, 0.25) is 0 Å². The predicted molar refractivity (Wildman–Crippen MR) is 109 cm³/mol. The fourth-order valence-electron chi connectivity index (χ4n) is 3.23. The second-order valence-electron chi connectivity index (χ2n) is 7.30. The van der Waals surface area contributed by atoms with Crippen molar-refractivity contribution in [2.75, 3.05) is 47.1 Å². The molecule has 1 rings (SSSR count). The topological polar surface area (TPSA) is 110 Å². The van der Waals surface area contributed by atoms with E-state index in [-0.39, 0.29) is 0 Å². The first-order chi connectivity index (χ1) is 14.9. The first-order valence-electron chi connectivity index (χ1n) is 9.74. The summed E-state index contributed by atoms with van der Waals surface area (Å²) < 4.78 is 127. The van der Waals surface area contributed by atoms with Crippen LogP contribution in [-0.2, 0) is 33.3 Å². The lowest BCUT2D eigenvalue weighted by molar-refractivity contribution is -0.909. The smallest absolute Gasteiger partial charge is 0.421 e. The number of halogens is 6. The predicted octanol–water partition coefficient (Wildman–Crippen LogP) is 3.26. The van der Waals surface area contributed by atoms with Gasteiger partial charge in [0.1, 0.15) is 6.17 Å². The summed E-state index contributed by atoms with van der Waals surface area (Å²) >= 11 is 0. The van der Waals surface area contributed by atoms with Crippen LogP contribution in [0, 0.1) is 0 Å². The molecule has 1 saturated heterocycles. The average Bonchev–Trinajstić information content (AvgIpc) is 3.13. The van der Waals surface area contributed by atoms with Crippen LogP contribution in [0.1, 0.15) is 39.0 Å². The zero-order valence-electron chi connectivity index (χ0n) is 18.7. The summed E-state index contributed by atoms with van der Waals surface area (Å²) in [6.45, 7) is 6.02. The van der Waals surface area contributed by atoms with Gasteiger partial charge >= 0.3 is 19.8 Å². The number of unbranched alkanes of at least 4 members (excludes halogenated alkanes) is 2. The van der Waals surface area contributed by atoms with E-state index in [0.717, 1.165) is 14.8 Å².